The van der Waals surface area contributed by atoms with Gasteiger partial charge in [-0.05, 0) is 30.4 Å². The minimum atomic E-state index is -0.310. The minimum Gasteiger partial charge on any atom is -0.378 e. The Bertz CT molecular complexity index is 770. The summed E-state index contributed by atoms with van der Waals surface area (Å²) in [6, 6.07) is 10.0. The van der Waals surface area contributed by atoms with Crippen LogP contribution in [0.4, 0.5) is 4.39 Å². The molecule has 24 heavy (non-hydrogen) atoms. The van der Waals surface area contributed by atoms with Gasteiger partial charge >= 0.3 is 0 Å². The van der Waals surface area contributed by atoms with Gasteiger partial charge in [-0.25, -0.2) is 4.39 Å². The molecule has 2 aliphatic rings. The van der Waals surface area contributed by atoms with E-state index in [2.05, 4.69) is 5.32 Å². The molecular formula is C19H20FNO3. The van der Waals surface area contributed by atoms with E-state index in [-0.39, 0.29) is 23.4 Å². The Balaban J connectivity index is 1.55. The van der Waals surface area contributed by atoms with Crippen LogP contribution in [0, 0.1) is 5.82 Å². The molecule has 2 aromatic rings. The molecule has 2 fully saturated rings. The molecule has 0 saturated carbocycles. The van der Waals surface area contributed by atoms with Crippen molar-refractivity contribution in [2.75, 3.05) is 19.8 Å². The lowest BCUT2D eigenvalue weighted by Crippen LogP contribution is -2.49. The zero-order valence-electron chi connectivity index (χ0n) is 13.4. The van der Waals surface area contributed by atoms with Crippen LogP contribution >= 0.6 is 0 Å². The third-order valence-corrected chi connectivity index (χ3v) is 5.01. The number of nitrogens with one attached hydrogen (secondary N) is 1. The van der Waals surface area contributed by atoms with Gasteiger partial charge in [-0.3, -0.25) is 4.79 Å². The molecule has 2 unspecified atom stereocenters. The number of carbonyl (C=O) groups is 1. The molecule has 0 radical (unpaired) electrons. The first kappa shape index (κ1) is 15.5. The van der Waals surface area contributed by atoms with Crippen LogP contribution < -0.4 is 5.32 Å². The molecule has 1 amide bonds. The Kier molecular flexibility index (Phi) is 3.98. The second-order valence-electron chi connectivity index (χ2n) is 6.64. The predicted octanol–water partition coefficient (Wildman–Crippen LogP) is 3.05. The van der Waals surface area contributed by atoms with Gasteiger partial charge in [0, 0.05) is 36.6 Å². The molecule has 2 aliphatic heterocycles. The molecule has 126 valence electrons. The average Bonchev–Trinajstić information content (AvgIpc) is 3.03. The number of rotatable bonds is 2. The van der Waals surface area contributed by atoms with Crippen LogP contribution in [0.1, 0.15) is 29.6 Å². The van der Waals surface area contributed by atoms with Crippen LogP contribution in [0.25, 0.3) is 10.8 Å². The molecule has 4 nitrogen and oxygen atoms in total. The number of halogens is 1. The highest BCUT2D eigenvalue weighted by Gasteiger charge is 2.41. The van der Waals surface area contributed by atoms with Crippen molar-refractivity contribution in [2.24, 2.45) is 0 Å². The molecular weight excluding hydrogens is 309 g/mol. The van der Waals surface area contributed by atoms with Crippen LogP contribution in [-0.4, -0.2) is 37.4 Å². The van der Waals surface area contributed by atoms with Crippen molar-refractivity contribution in [2.45, 2.75) is 30.9 Å². The van der Waals surface area contributed by atoms with Gasteiger partial charge in [0.05, 0.1) is 12.2 Å². The highest BCUT2D eigenvalue weighted by molar-refractivity contribution is 6.07. The number of carbonyl (C=O) groups excluding carboxylic acids is 1. The van der Waals surface area contributed by atoms with Crippen molar-refractivity contribution in [3.05, 3.63) is 47.8 Å². The van der Waals surface area contributed by atoms with Crippen LogP contribution in [0.2, 0.25) is 0 Å². The first-order chi connectivity index (χ1) is 11.7. The van der Waals surface area contributed by atoms with E-state index in [1.165, 1.54) is 6.07 Å². The van der Waals surface area contributed by atoms with E-state index in [0.717, 1.165) is 19.3 Å². The molecule has 5 heteroatoms. The highest BCUT2D eigenvalue weighted by Crippen LogP contribution is 2.33. The Morgan fingerprint density at radius 1 is 1.17 bits per heavy atom. The number of benzene rings is 2. The summed E-state index contributed by atoms with van der Waals surface area (Å²) in [4.78, 5) is 12.7. The van der Waals surface area contributed by atoms with Crippen molar-refractivity contribution in [1.29, 1.82) is 0 Å². The summed E-state index contributed by atoms with van der Waals surface area (Å²) in [6.45, 7) is 1.93. The Morgan fingerprint density at radius 2 is 2.00 bits per heavy atom. The van der Waals surface area contributed by atoms with Gasteiger partial charge in [-0.1, -0.05) is 24.3 Å². The van der Waals surface area contributed by atoms with Crippen LogP contribution in [0.5, 0.6) is 0 Å². The maximum atomic E-state index is 13.9. The molecule has 0 bridgehead atoms. The Hall–Kier alpha value is -1.98. The van der Waals surface area contributed by atoms with E-state index in [9.17, 15) is 9.18 Å². The van der Waals surface area contributed by atoms with Gasteiger partial charge in [-0.2, -0.15) is 0 Å². The van der Waals surface area contributed by atoms with Crippen LogP contribution in [-0.2, 0) is 9.47 Å². The summed E-state index contributed by atoms with van der Waals surface area (Å²) in [5.74, 6) is -0.470. The maximum Gasteiger partial charge on any atom is 0.252 e. The lowest BCUT2D eigenvalue weighted by atomic mass is 9.89. The molecule has 2 atom stereocenters. The topological polar surface area (TPSA) is 47.6 Å². The zero-order chi connectivity index (χ0) is 16.6. The molecule has 2 aromatic carbocycles. The van der Waals surface area contributed by atoms with E-state index >= 15 is 0 Å². The Morgan fingerprint density at radius 3 is 2.79 bits per heavy atom. The number of ether oxygens (including phenoxy) is 2. The zero-order valence-corrected chi connectivity index (χ0v) is 13.4. The number of hydrogen-bond acceptors (Lipinski definition) is 3. The van der Waals surface area contributed by atoms with E-state index < -0.39 is 0 Å². The summed E-state index contributed by atoms with van der Waals surface area (Å²) < 4.78 is 25.3. The van der Waals surface area contributed by atoms with Gasteiger partial charge in [0.25, 0.3) is 5.91 Å². The fraction of sp³-hybridized carbons (Fsp3) is 0.421. The predicted molar refractivity (Wildman–Crippen MR) is 88.5 cm³/mol. The molecule has 2 saturated heterocycles. The number of hydrogen-bond donors (Lipinski definition) is 1. The molecule has 1 N–H and O–H groups in total. The van der Waals surface area contributed by atoms with E-state index in [1.807, 2.05) is 6.07 Å². The quantitative estimate of drug-likeness (QED) is 0.921. The SMILES string of the molecule is O=C(NC1CCOC2(CCOC2)C1)c1ccc(F)c2ccccc12. The third-order valence-electron chi connectivity index (χ3n) is 5.01. The van der Waals surface area contributed by atoms with Gasteiger partial charge < -0.3 is 14.8 Å². The average molecular weight is 329 g/mol. The summed E-state index contributed by atoms with van der Waals surface area (Å²) in [6.07, 6.45) is 2.42. The monoisotopic (exact) mass is 329 g/mol. The smallest absolute Gasteiger partial charge is 0.252 e. The first-order valence-electron chi connectivity index (χ1n) is 8.37. The Labute approximate surface area is 139 Å². The summed E-state index contributed by atoms with van der Waals surface area (Å²) in [5.41, 5.74) is 0.261. The van der Waals surface area contributed by atoms with Crippen molar-refractivity contribution in [3.63, 3.8) is 0 Å². The largest absolute Gasteiger partial charge is 0.378 e. The standard InChI is InChI=1S/C19H20FNO3/c20-17-6-5-16(14-3-1-2-4-15(14)17)18(22)21-13-7-9-24-19(11-13)8-10-23-12-19/h1-6,13H,7-12H2,(H,21,22). The maximum absolute atomic E-state index is 13.9. The fourth-order valence-electron chi connectivity index (χ4n) is 3.74. The third kappa shape index (κ3) is 2.78. The second kappa shape index (κ2) is 6.15. The molecule has 0 aromatic heterocycles. The lowest BCUT2D eigenvalue weighted by Gasteiger charge is -2.37. The van der Waals surface area contributed by atoms with Gasteiger partial charge in [0.15, 0.2) is 0 Å². The molecule has 4 rings (SSSR count). The van der Waals surface area contributed by atoms with E-state index in [1.54, 1.807) is 24.3 Å². The lowest BCUT2D eigenvalue weighted by molar-refractivity contribution is -0.0880. The van der Waals surface area contributed by atoms with Gasteiger partial charge in [0.2, 0.25) is 0 Å². The van der Waals surface area contributed by atoms with Crippen molar-refractivity contribution >= 4 is 16.7 Å². The number of amides is 1. The summed E-state index contributed by atoms with van der Waals surface area (Å²) in [5, 5.41) is 4.21. The second-order valence-corrected chi connectivity index (χ2v) is 6.64. The minimum absolute atomic E-state index is 0.0526. The molecule has 2 heterocycles. The summed E-state index contributed by atoms with van der Waals surface area (Å²) in [7, 11) is 0. The highest BCUT2D eigenvalue weighted by atomic mass is 19.1. The molecule has 1 spiro atoms. The summed E-state index contributed by atoms with van der Waals surface area (Å²) >= 11 is 0. The first-order valence-corrected chi connectivity index (χ1v) is 8.37. The van der Waals surface area contributed by atoms with Crippen molar-refractivity contribution < 1.29 is 18.7 Å². The van der Waals surface area contributed by atoms with Gasteiger partial charge in [-0.15, -0.1) is 0 Å². The van der Waals surface area contributed by atoms with E-state index in [4.69, 9.17) is 9.47 Å². The number of fused-ring (bicyclic) bond motifs is 1. The molecule has 0 aliphatic carbocycles. The van der Waals surface area contributed by atoms with Crippen molar-refractivity contribution in [3.8, 4) is 0 Å². The van der Waals surface area contributed by atoms with E-state index in [0.29, 0.717) is 36.2 Å². The van der Waals surface area contributed by atoms with Crippen LogP contribution in [0.15, 0.2) is 36.4 Å². The normalized spacial score (nSPS) is 26.8. The van der Waals surface area contributed by atoms with Gasteiger partial charge in [0.1, 0.15) is 5.82 Å². The van der Waals surface area contributed by atoms with Crippen LogP contribution in [0.3, 0.4) is 0 Å². The fourth-order valence-corrected chi connectivity index (χ4v) is 3.74. The van der Waals surface area contributed by atoms with Crippen molar-refractivity contribution in [1.82, 2.24) is 5.32 Å².